The Morgan fingerprint density at radius 2 is 1.95 bits per heavy atom. The number of benzene rings is 2. The zero-order chi connectivity index (χ0) is 14.5. The number of phenols is 1. The largest absolute Gasteiger partial charge is 0.507 e. The monoisotopic (exact) mass is 349 g/mol. The summed E-state index contributed by atoms with van der Waals surface area (Å²) in [4.78, 5) is 4.30. The fraction of sp³-hybridized carbons (Fsp3) is 0. The Morgan fingerprint density at radius 3 is 2.60 bits per heavy atom. The minimum atomic E-state index is 0.184. The van der Waals surface area contributed by atoms with Gasteiger partial charge in [-0.05, 0) is 54.7 Å². The van der Waals surface area contributed by atoms with E-state index in [2.05, 4.69) is 26.2 Å². The zero-order valence-corrected chi connectivity index (χ0v) is 12.8. The molecule has 0 unspecified atom stereocenters. The first-order chi connectivity index (χ1) is 9.54. The first-order valence-electron chi connectivity index (χ1n) is 5.74. The van der Waals surface area contributed by atoms with Crippen LogP contribution in [0.15, 0.2) is 51.9 Å². The summed E-state index contributed by atoms with van der Waals surface area (Å²) >= 11 is 8.11. The smallest absolute Gasteiger partial charge is 0.168 e. The van der Waals surface area contributed by atoms with Gasteiger partial charge < -0.3 is 16.2 Å². The number of hydrogen-bond acceptors (Lipinski definition) is 3. The molecule has 0 heterocycles. The Morgan fingerprint density at radius 1 is 1.25 bits per heavy atom. The van der Waals surface area contributed by atoms with Crippen molar-refractivity contribution in [2.45, 2.75) is 0 Å². The number of anilines is 1. The lowest BCUT2D eigenvalue weighted by molar-refractivity contribution is 0.474. The number of phenolic OH excluding ortho intramolecular Hbond substituents is 1. The third-order valence-electron chi connectivity index (χ3n) is 2.48. The van der Waals surface area contributed by atoms with E-state index in [9.17, 15) is 5.11 Å². The summed E-state index contributed by atoms with van der Waals surface area (Å²) in [5, 5.41) is 12.8. The van der Waals surface area contributed by atoms with E-state index in [1.54, 1.807) is 24.4 Å². The third kappa shape index (κ3) is 4.04. The molecule has 4 N–H and O–H groups in total. The maximum Gasteiger partial charge on any atom is 0.168 e. The minimum Gasteiger partial charge on any atom is -0.507 e. The van der Waals surface area contributed by atoms with Crippen LogP contribution in [0.1, 0.15) is 5.56 Å². The van der Waals surface area contributed by atoms with Crippen LogP contribution in [0.4, 0.5) is 11.4 Å². The molecule has 4 nitrogen and oxygen atoms in total. The van der Waals surface area contributed by atoms with Crippen molar-refractivity contribution in [3.05, 3.63) is 52.5 Å². The van der Waals surface area contributed by atoms with E-state index in [0.29, 0.717) is 5.56 Å². The van der Waals surface area contributed by atoms with Gasteiger partial charge in [0.1, 0.15) is 5.75 Å². The maximum absolute atomic E-state index is 9.71. The normalized spacial score (nSPS) is 10.7. The Hall–Kier alpha value is -1.92. The Labute approximate surface area is 130 Å². The molecule has 0 amide bonds. The third-order valence-corrected chi connectivity index (χ3v) is 3.07. The molecule has 2 rings (SSSR count). The second-order valence-electron chi connectivity index (χ2n) is 4.00. The fourth-order valence-electron chi connectivity index (χ4n) is 1.55. The van der Waals surface area contributed by atoms with Gasteiger partial charge in [-0.1, -0.05) is 15.9 Å². The summed E-state index contributed by atoms with van der Waals surface area (Å²) in [6, 6.07) is 12.5. The van der Waals surface area contributed by atoms with Crippen molar-refractivity contribution in [2.24, 2.45) is 10.7 Å². The highest BCUT2D eigenvalue weighted by molar-refractivity contribution is 9.10. The molecule has 2 aromatic carbocycles. The highest BCUT2D eigenvalue weighted by atomic mass is 79.9. The van der Waals surface area contributed by atoms with Crippen LogP contribution in [0.3, 0.4) is 0 Å². The molecule has 0 aliphatic rings. The zero-order valence-electron chi connectivity index (χ0n) is 10.4. The number of aliphatic imine (C=N–C) groups is 1. The number of nitrogens with one attached hydrogen (secondary N) is 1. The van der Waals surface area contributed by atoms with Crippen molar-refractivity contribution in [1.29, 1.82) is 0 Å². The quantitative estimate of drug-likeness (QED) is 0.585. The predicted octanol–water partition coefficient (Wildman–Crippen LogP) is 3.56. The summed E-state index contributed by atoms with van der Waals surface area (Å²) in [6.07, 6.45) is 1.61. The first-order valence-corrected chi connectivity index (χ1v) is 6.94. The Balaban J connectivity index is 2.15. The van der Waals surface area contributed by atoms with Crippen LogP contribution in [0.2, 0.25) is 0 Å². The molecule has 0 aliphatic carbocycles. The summed E-state index contributed by atoms with van der Waals surface area (Å²) in [5.74, 6) is 0.184. The molecule has 0 atom stereocenters. The molecule has 0 saturated carbocycles. The van der Waals surface area contributed by atoms with Gasteiger partial charge in [0.05, 0.1) is 5.69 Å². The lowest BCUT2D eigenvalue weighted by Gasteiger charge is -2.03. The van der Waals surface area contributed by atoms with E-state index in [0.717, 1.165) is 15.8 Å². The van der Waals surface area contributed by atoms with Crippen LogP contribution >= 0.6 is 28.1 Å². The number of nitrogens with zero attached hydrogens (tertiary/aromatic N) is 1. The molecule has 0 saturated heterocycles. The van der Waals surface area contributed by atoms with E-state index in [4.69, 9.17) is 18.0 Å². The van der Waals surface area contributed by atoms with Gasteiger partial charge in [-0.3, -0.25) is 4.99 Å². The van der Waals surface area contributed by atoms with Crippen molar-refractivity contribution in [3.63, 3.8) is 0 Å². The van der Waals surface area contributed by atoms with E-state index in [1.807, 2.05) is 24.3 Å². The molecule has 0 aliphatic heterocycles. The van der Waals surface area contributed by atoms with Gasteiger partial charge in [0, 0.05) is 21.9 Å². The van der Waals surface area contributed by atoms with Crippen LogP contribution in [0.25, 0.3) is 0 Å². The first kappa shape index (κ1) is 14.5. The molecule has 0 fully saturated rings. The summed E-state index contributed by atoms with van der Waals surface area (Å²) in [6.45, 7) is 0. The standard InChI is InChI=1S/C14H12BrN3OS/c15-10-1-6-13(19)9(7-10)8-17-11-2-4-12(5-3-11)18-14(16)20/h1-8,19H,(H3,16,18,20). The number of hydrogen-bond donors (Lipinski definition) is 3. The SMILES string of the molecule is NC(=S)Nc1ccc(N=Cc2cc(Br)ccc2O)cc1. The summed E-state index contributed by atoms with van der Waals surface area (Å²) in [5.41, 5.74) is 7.60. The van der Waals surface area contributed by atoms with Crippen LogP contribution in [-0.2, 0) is 0 Å². The highest BCUT2D eigenvalue weighted by Crippen LogP contribution is 2.22. The molecule has 2 aromatic rings. The average Bonchev–Trinajstić information content (AvgIpc) is 2.41. The van der Waals surface area contributed by atoms with Crippen molar-refractivity contribution < 1.29 is 5.11 Å². The van der Waals surface area contributed by atoms with Crippen LogP contribution < -0.4 is 11.1 Å². The topological polar surface area (TPSA) is 70.6 Å². The molecule has 20 heavy (non-hydrogen) atoms. The number of aromatic hydroxyl groups is 1. The van der Waals surface area contributed by atoms with Crippen LogP contribution in [-0.4, -0.2) is 16.4 Å². The van der Waals surface area contributed by atoms with Crippen molar-refractivity contribution in [2.75, 3.05) is 5.32 Å². The lowest BCUT2D eigenvalue weighted by atomic mass is 10.2. The van der Waals surface area contributed by atoms with Gasteiger partial charge in [0.2, 0.25) is 0 Å². The fourth-order valence-corrected chi connectivity index (χ4v) is 2.04. The van der Waals surface area contributed by atoms with E-state index >= 15 is 0 Å². The number of thiocarbonyl (C=S) groups is 1. The lowest BCUT2D eigenvalue weighted by Crippen LogP contribution is -2.18. The molecular weight excluding hydrogens is 338 g/mol. The second-order valence-corrected chi connectivity index (χ2v) is 5.35. The Kier molecular flexibility index (Phi) is 4.70. The number of nitrogens with two attached hydrogens (primary N) is 1. The molecule has 6 heteroatoms. The maximum atomic E-state index is 9.71. The molecular formula is C14H12BrN3OS. The molecule has 0 aromatic heterocycles. The highest BCUT2D eigenvalue weighted by Gasteiger charge is 1.99. The van der Waals surface area contributed by atoms with Gasteiger partial charge in [0.15, 0.2) is 5.11 Å². The number of halogens is 1. The predicted molar refractivity (Wildman–Crippen MR) is 89.9 cm³/mol. The van der Waals surface area contributed by atoms with E-state index in [1.165, 1.54) is 0 Å². The molecule has 0 radical (unpaired) electrons. The van der Waals surface area contributed by atoms with Gasteiger partial charge in [0.25, 0.3) is 0 Å². The second kappa shape index (κ2) is 6.49. The van der Waals surface area contributed by atoms with Gasteiger partial charge in [-0.15, -0.1) is 0 Å². The Bertz CT molecular complexity index is 656. The van der Waals surface area contributed by atoms with Crippen LogP contribution in [0, 0.1) is 0 Å². The van der Waals surface area contributed by atoms with E-state index < -0.39 is 0 Å². The molecule has 0 spiro atoms. The van der Waals surface area contributed by atoms with Gasteiger partial charge in [-0.25, -0.2) is 0 Å². The summed E-state index contributed by atoms with van der Waals surface area (Å²) in [7, 11) is 0. The minimum absolute atomic E-state index is 0.184. The van der Waals surface area contributed by atoms with Crippen molar-refractivity contribution in [3.8, 4) is 5.75 Å². The average molecular weight is 350 g/mol. The van der Waals surface area contributed by atoms with Crippen molar-refractivity contribution >= 4 is 50.8 Å². The molecule has 102 valence electrons. The molecule has 0 bridgehead atoms. The van der Waals surface area contributed by atoms with Gasteiger partial charge in [-0.2, -0.15) is 0 Å². The number of rotatable bonds is 3. The summed E-state index contributed by atoms with van der Waals surface area (Å²) < 4.78 is 0.882. The van der Waals surface area contributed by atoms with Crippen LogP contribution in [0.5, 0.6) is 5.75 Å². The van der Waals surface area contributed by atoms with Crippen molar-refractivity contribution in [1.82, 2.24) is 0 Å². The van der Waals surface area contributed by atoms with E-state index in [-0.39, 0.29) is 10.9 Å². The van der Waals surface area contributed by atoms with Gasteiger partial charge >= 0.3 is 0 Å².